The molecule has 0 aromatic heterocycles. The summed E-state index contributed by atoms with van der Waals surface area (Å²) in [7, 11) is 0. The fraction of sp³-hybridized carbons (Fsp3) is 1.00. The zero-order valence-electron chi connectivity index (χ0n) is 4.90. The molecular formula is C5H12NO. The summed E-state index contributed by atoms with van der Waals surface area (Å²) in [5.41, 5.74) is 6.86. The van der Waals surface area contributed by atoms with Gasteiger partial charge in [-0.2, -0.15) is 0 Å². The van der Waals surface area contributed by atoms with E-state index in [4.69, 9.17) is 10.5 Å². The fourth-order valence-corrected chi connectivity index (χ4v) is 0.295. The van der Waals surface area contributed by atoms with E-state index >= 15 is 0 Å². The van der Waals surface area contributed by atoms with Crippen LogP contribution >= 0.6 is 0 Å². The van der Waals surface area contributed by atoms with Crippen LogP contribution in [0.5, 0.6) is 0 Å². The molecule has 7 heavy (non-hydrogen) atoms. The normalized spacial score (nSPS) is 14.1. The molecule has 0 bridgehead atoms. The van der Waals surface area contributed by atoms with E-state index in [9.17, 15) is 0 Å². The van der Waals surface area contributed by atoms with Crippen molar-refractivity contribution in [2.24, 2.45) is 0 Å². The molecule has 0 aliphatic heterocycles. The molecule has 0 aliphatic rings. The highest BCUT2D eigenvalue weighted by Gasteiger charge is 1.88. The summed E-state index contributed by atoms with van der Waals surface area (Å²) in [6, 6.07) is 0. The molecule has 0 saturated carbocycles. The Morgan fingerprint density at radius 1 is 1.71 bits per heavy atom. The van der Waals surface area contributed by atoms with Crippen LogP contribution in [0.15, 0.2) is 0 Å². The van der Waals surface area contributed by atoms with Gasteiger partial charge in [0.25, 0.3) is 0 Å². The zero-order valence-corrected chi connectivity index (χ0v) is 4.90. The van der Waals surface area contributed by atoms with Crippen LogP contribution in [0.3, 0.4) is 0 Å². The van der Waals surface area contributed by atoms with Crippen LogP contribution in [0.1, 0.15) is 20.3 Å². The molecule has 1 radical (unpaired) electrons. The SMILES string of the molecule is CCCOC(C)[NH]. The predicted molar refractivity (Wildman–Crippen MR) is 28.8 cm³/mol. The van der Waals surface area contributed by atoms with E-state index in [1.165, 1.54) is 0 Å². The van der Waals surface area contributed by atoms with Gasteiger partial charge < -0.3 is 4.74 Å². The third kappa shape index (κ3) is 5.92. The molecule has 0 rings (SSSR count). The molecule has 43 valence electrons. The summed E-state index contributed by atoms with van der Waals surface area (Å²) < 4.78 is 4.86. The predicted octanol–water partition coefficient (Wildman–Crippen LogP) is 1.04. The first-order valence-electron chi connectivity index (χ1n) is 2.60. The van der Waals surface area contributed by atoms with E-state index in [1.54, 1.807) is 6.92 Å². The van der Waals surface area contributed by atoms with Crippen LogP contribution in [0.25, 0.3) is 0 Å². The quantitative estimate of drug-likeness (QED) is 0.524. The first-order valence-corrected chi connectivity index (χ1v) is 2.60. The van der Waals surface area contributed by atoms with Crippen LogP contribution in [-0.2, 0) is 4.74 Å². The average molecular weight is 102 g/mol. The topological polar surface area (TPSA) is 33.0 Å². The Hall–Kier alpha value is -0.0800. The van der Waals surface area contributed by atoms with Gasteiger partial charge in [0.15, 0.2) is 0 Å². The Bertz CT molecular complexity index is 37.1. The van der Waals surface area contributed by atoms with Gasteiger partial charge in [-0.05, 0) is 13.3 Å². The van der Waals surface area contributed by atoms with E-state index in [0.29, 0.717) is 6.61 Å². The monoisotopic (exact) mass is 102 g/mol. The maximum absolute atomic E-state index is 6.86. The second-order valence-corrected chi connectivity index (χ2v) is 1.51. The molecule has 1 atom stereocenters. The lowest BCUT2D eigenvalue weighted by Crippen LogP contribution is -2.08. The first kappa shape index (κ1) is 6.92. The lowest BCUT2D eigenvalue weighted by molar-refractivity contribution is 0.0660. The largest absolute Gasteiger partial charge is 0.362 e. The second kappa shape index (κ2) is 4.09. The number of hydrogen-bond acceptors (Lipinski definition) is 1. The van der Waals surface area contributed by atoms with Gasteiger partial charge in [-0.25, -0.2) is 5.73 Å². The molecular weight excluding hydrogens is 90.1 g/mol. The molecule has 0 spiro atoms. The van der Waals surface area contributed by atoms with Crippen LogP contribution in [0, 0.1) is 0 Å². The second-order valence-electron chi connectivity index (χ2n) is 1.51. The smallest absolute Gasteiger partial charge is 0.117 e. The zero-order chi connectivity index (χ0) is 5.70. The van der Waals surface area contributed by atoms with Crippen molar-refractivity contribution in [3.05, 3.63) is 0 Å². The summed E-state index contributed by atoms with van der Waals surface area (Å²) >= 11 is 0. The van der Waals surface area contributed by atoms with E-state index in [0.717, 1.165) is 6.42 Å². The molecule has 0 saturated heterocycles. The molecule has 0 amide bonds. The Balaban J connectivity index is 2.68. The molecule has 0 fully saturated rings. The Labute approximate surface area is 44.7 Å². The minimum Gasteiger partial charge on any atom is -0.362 e. The summed E-state index contributed by atoms with van der Waals surface area (Å²) in [4.78, 5) is 0. The summed E-state index contributed by atoms with van der Waals surface area (Å²) in [6.07, 6.45) is 0.656. The molecule has 0 aliphatic carbocycles. The van der Waals surface area contributed by atoms with Gasteiger partial charge in [0.05, 0.1) is 0 Å². The third-order valence-electron chi connectivity index (χ3n) is 0.572. The van der Waals surface area contributed by atoms with Crippen molar-refractivity contribution in [2.45, 2.75) is 26.5 Å². The van der Waals surface area contributed by atoms with Gasteiger partial charge in [0.1, 0.15) is 6.23 Å². The highest BCUT2D eigenvalue weighted by molar-refractivity contribution is 4.30. The van der Waals surface area contributed by atoms with Crippen molar-refractivity contribution >= 4 is 0 Å². The van der Waals surface area contributed by atoms with Gasteiger partial charge in [-0.15, -0.1) is 0 Å². The summed E-state index contributed by atoms with van der Waals surface area (Å²) in [5.74, 6) is 0. The van der Waals surface area contributed by atoms with Gasteiger partial charge >= 0.3 is 0 Å². The molecule has 1 N–H and O–H groups in total. The molecule has 1 unspecified atom stereocenters. The van der Waals surface area contributed by atoms with Crippen LogP contribution < -0.4 is 5.73 Å². The van der Waals surface area contributed by atoms with E-state index < -0.39 is 0 Å². The fourth-order valence-electron chi connectivity index (χ4n) is 0.295. The molecule has 0 aromatic carbocycles. The Kier molecular flexibility index (Phi) is 4.04. The van der Waals surface area contributed by atoms with Crippen molar-refractivity contribution in [1.29, 1.82) is 0 Å². The maximum Gasteiger partial charge on any atom is 0.117 e. The number of ether oxygens (including phenoxy) is 1. The van der Waals surface area contributed by atoms with Crippen molar-refractivity contribution in [3.63, 3.8) is 0 Å². The van der Waals surface area contributed by atoms with Crippen molar-refractivity contribution < 1.29 is 4.74 Å². The van der Waals surface area contributed by atoms with Crippen LogP contribution in [0.4, 0.5) is 0 Å². The number of rotatable bonds is 3. The van der Waals surface area contributed by atoms with Crippen molar-refractivity contribution in [3.8, 4) is 0 Å². The number of nitrogens with one attached hydrogen (secondary N) is 1. The summed E-state index contributed by atoms with van der Waals surface area (Å²) in [6.45, 7) is 4.46. The van der Waals surface area contributed by atoms with Gasteiger partial charge in [0.2, 0.25) is 0 Å². The standard InChI is InChI=1S/C5H12NO/c1-3-4-7-5(2)6/h5-6H,3-4H2,1-2H3. The lowest BCUT2D eigenvalue weighted by atomic mass is 10.5. The minimum atomic E-state index is -0.347. The molecule has 2 heteroatoms. The van der Waals surface area contributed by atoms with Crippen molar-refractivity contribution in [2.75, 3.05) is 6.61 Å². The molecule has 2 nitrogen and oxygen atoms in total. The van der Waals surface area contributed by atoms with E-state index in [-0.39, 0.29) is 6.23 Å². The number of hydrogen-bond donors (Lipinski definition) is 0. The minimum absolute atomic E-state index is 0.347. The van der Waals surface area contributed by atoms with Gasteiger partial charge in [-0.1, -0.05) is 6.92 Å². The Morgan fingerprint density at radius 3 is 2.43 bits per heavy atom. The highest BCUT2D eigenvalue weighted by atomic mass is 16.5. The molecule has 0 aromatic rings. The van der Waals surface area contributed by atoms with Crippen molar-refractivity contribution in [1.82, 2.24) is 5.73 Å². The van der Waals surface area contributed by atoms with Crippen LogP contribution in [-0.4, -0.2) is 12.8 Å². The third-order valence-corrected chi connectivity index (χ3v) is 0.572. The van der Waals surface area contributed by atoms with E-state index in [1.807, 2.05) is 6.92 Å². The Morgan fingerprint density at radius 2 is 2.29 bits per heavy atom. The summed E-state index contributed by atoms with van der Waals surface area (Å²) in [5, 5.41) is 0. The van der Waals surface area contributed by atoms with Crippen LogP contribution in [0.2, 0.25) is 0 Å². The maximum atomic E-state index is 6.86. The first-order chi connectivity index (χ1) is 3.27. The van der Waals surface area contributed by atoms with Gasteiger partial charge in [-0.3, -0.25) is 0 Å². The van der Waals surface area contributed by atoms with Gasteiger partial charge in [0, 0.05) is 6.61 Å². The lowest BCUT2D eigenvalue weighted by Gasteiger charge is -2.02. The average Bonchev–Trinajstić information content (AvgIpc) is 1.61. The molecule has 0 heterocycles. The highest BCUT2D eigenvalue weighted by Crippen LogP contribution is 1.83. The van der Waals surface area contributed by atoms with E-state index in [2.05, 4.69) is 0 Å².